The largest absolute Gasteiger partial charge is 0.322 e. The van der Waals surface area contributed by atoms with E-state index in [4.69, 9.17) is 11.6 Å². The predicted octanol–water partition coefficient (Wildman–Crippen LogP) is 3.86. The fourth-order valence-corrected chi connectivity index (χ4v) is 4.41. The normalized spacial score (nSPS) is 19.0. The molecule has 8 heteroatoms. The third-order valence-corrected chi connectivity index (χ3v) is 6.16. The van der Waals surface area contributed by atoms with Crippen LogP contribution in [0.3, 0.4) is 0 Å². The molecular weight excluding hydrogens is 386 g/mol. The highest BCUT2D eigenvalue weighted by molar-refractivity contribution is 7.21. The van der Waals surface area contributed by atoms with Gasteiger partial charge in [0.2, 0.25) is 0 Å². The standard InChI is InChI=1S/C19H14ClN3O3S/c1-19(17(25)22-18(26)23-19)10-5-4-6-11(9-10)21-16(24)15-14(20)12-7-2-3-8-13(12)27-15/h2-9H,1H3,(H,21,24)(H2,22,23,25,26). The van der Waals surface area contributed by atoms with Gasteiger partial charge in [-0.1, -0.05) is 41.9 Å². The number of rotatable bonds is 3. The first-order valence-corrected chi connectivity index (χ1v) is 9.30. The van der Waals surface area contributed by atoms with Crippen LogP contribution >= 0.6 is 22.9 Å². The number of hydrogen-bond donors (Lipinski definition) is 3. The molecule has 2 heterocycles. The molecule has 1 fully saturated rings. The molecule has 1 atom stereocenters. The number of carbonyl (C=O) groups excluding carboxylic acids is 3. The van der Waals surface area contributed by atoms with Crippen LogP contribution in [-0.4, -0.2) is 17.8 Å². The van der Waals surface area contributed by atoms with Crippen molar-refractivity contribution < 1.29 is 14.4 Å². The molecule has 4 amide bonds. The number of anilines is 1. The van der Waals surface area contributed by atoms with Crippen molar-refractivity contribution >= 4 is 56.6 Å². The Morgan fingerprint density at radius 3 is 2.63 bits per heavy atom. The Morgan fingerprint density at radius 2 is 1.93 bits per heavy atom. The van der Waals surface area contributed by atoms with Gasteiger partial charge in [0.15, 0.2) is 0 Å². The molecule has 0 spiro atoms. The Kier molecular flexibility index (Phi) is 4.13. The summed E-state index contributed by atoms with van der Waals surface area (Å²) in [6, 6.07) is 13.8. The van der Waals surface area contributed by atoms with Crippen LogP contribution in [0.2, 0.25) is 5.02 Å². The maximum Gasteiger partial charge on any atom is 0.322 e. The molecule has 0 aliphatic carbocycles. The maximum absolute atomic E-state index is 12.7. The first-order chi connectivity index (χ1) is 12.9. The number of imide groups is 1. The van der Waals surface area contributed by atoms with Gasteiger partial charge >= 0.3 is 6.03 Å². The maximum atomic E-state index is 12.7. The summed E-state index contributed by atoms with van der Waals surface area (Å²) in [5.74, 6) is -0.771. The SMILES string of the molecule is CC1(c2cccc(NC(=O)c3sc4ccccc4c3Cl)c2)NC(=O)NC1=O. The highest BCUT2D eigenvalue weighted by Crippen LogP contribution is 2.35. The second-order valence-electron chi connectivity index (χ2n) is 6.31. The summed E-state index contributed by atoms with van der Waals surface area (Å²) in [6.07, 6.45) is 0. The van der Waals surface area contributed by atoms with Crippen LogP contribution in [0.5, 0.6) is 0 Å². The quantitative estimate of drug-likeness (QED) is 0.584. The summed E-state index contributed by atoms with van der Waals surface area (Å²) in [4.78, 5) is 36.7. The fourth-order valence-electron chi connectivity index (χ4n) is 3.00. The Balaban J connectivity index is 1.63. The van der Waals surface area contributed by atoms with E-state index in [1.165, 1.54) is 11.3 Å². The molecule has 1 aromatic heterocycles. The average Bonchev–Trinajstić information content (AvgIpc) is 3.12. The summed E-state index contributed by atoms with van der Waals surface area (Å²) < 4.78 is 0.930. The molecule has 1 saturated heterocycles. The third kappa shape index (κ3) is 2.94. The molecule has 2 aromatic carbocycles. The van der Waals surface area contributed by atoms with Gasteiger partial charge in [-0.2, -0.15) is 0 Å². The highest BCUT2D eigenvalue weighted by Gasteiger charge is 2.43. The summed E-state index contributed by atoms with van der Waals surface area (Å²) in [5, 5.41) is 8.89. The average molecular weight is 400 g/mol. The molecule has 27 heavy (non-hydrogen) atoms. The zero-order valence-electron chi connectivity index (χ0n) is 14.1. The van der Waals surface area contributed by atoms with E-state index >= 15 is 0 Å². The van der Waals surface area contributed by atoms with Gasteiger partial charge < -0.3 is 10.6 Å². The molecular formula is C19H14ClN3O3S. The van der Waals surface area contributed by atoms with Gasteiger partial charge in [-0.15, -0.1) is 11.3 Å². The monoisotopic (exact) mass is 399 g/mol. The Morgan fingerprint density at radius 1 is 1.15 bits per heavy atom. The Hall–Kier alpha value is -2.90. The van der Waals surface area contributed by atoms with Crippen molar-refractivity contribution in [2.45, 2.75) is 12.5 Å². The zero-order chi connectivity index (χ0) is 19.2. The summed E-state index contributed by atoms with van der Waals surface area (Å²) in [7, 11) is 0. The number of nitrogens with one attached hydrogen (secondary N) is 3. The first-order valence-electron chi connectivity index (χ1n) is 8.11. The van der Waals surface area contributed by atoms with E-state index < -0.39 is 17.5 Å². The number of hydrogen-bond acceptors (Lipinski definition) is 4. The van der Waals surface area contributed by atoms with Crippen LogP contribution in [0.15, 0.2) is 48.5 Å². The lowest BCUT2D eigenvalue weighted by Gasteiger charge is -2.21. The van der Waals surface area contributed by atoms with Crippen LogP contribution in [0.25, 0.3) is 10.1 Å². The van der Waals surface area contributed by atoms with Crippen LogP contribution in [-0.2, 0) is 10.3 Å². The number of benzene rings is 2. The highest BCUT2D eigenvalue weighted by atomic mass is 35.5. The van der Waals surface area contributed by atoms with Gasteiger partial charge in [-0.25, -0.2) is 4.79 Å². The van der Waals surface area contributed by atoms with Crippen LogP contribution in [0.4, 0.5) is 10.5 Å². The van der Waals surface area contributed by atoms with Gasteiger partial charge in [-0.05, 0) is 30.7 Å². The van der Waals surface area contributed by atoms with Gasteiger partial charge in [-0.3, -0.25) is 14.9 Å². The fraction of sp³-hybridized carbons (Fsp3) is 0.105. The minimum Gasteiger partial charge on any atom is -0.321 e. The van der Waals surface area contributed by atoms with Crippen molar-refractivity contribution in [3.8, 4) is 0 Å². The molecule has 1 aliphatic heterocycles. The van der Waals surface area contributed by atoms with E-state index in [1.807, 2.05) is 24.3 Å². The first kappa shape index (κ1) is 17.5. The summed E-state index contributed by atoms with van der Waals surface area (Å²) >= 11 is 7.68. The van der Waals surface area contributed by atoms with E-state index in [-0.39, 0.29) is 5.91 Å². The lowest BCUT2D eigenvalue weighted by Crippen LogP contribution is -2.40. The van der Waals surface area contributed by atoms with Crippen molar-refractivity contribution in [1.29, 1.82) is 0 Å². The number of urea groups is 1. The molecule has 1 unspecified atom stereocenters. The zero-order valence-corrected chi connectivity index (χ0v) is 15.7. The van der Waals surface area contributed by atoms with Gasteiger partial charge in [0.05, 0.1) is 5.02 Å². The van der Waals surface area contributed by atoms with E-state index in [9.17, 15) is 14.4 Å². The smallest absolute Gasteiger partial charge is 0.321 e. The third-order valence-electron chi connectivity index (χ3n) is 4.48. The Bertz CT molecular complexity index is 1110. The number of fused-ring (bicyclic) bond motifs is 1. The predicted molar refractivity (Wildman–Crippen MR) is 105 cm³/mol. The summed E-state index contributed by atoms with van der Waals surface area (Å²) in [5.41, 5.74) is -0.125. The number of amides is 4. The lowest BCUT2D eigenvalue weighted by atomic mass is 9.92. The number of halogens is 1. The van der Waals surface area contributed by atoms with E-state index in [2.05, 4.69) is 16.0 Å². The van der Waals surface area contributed by atoms with Crippen molar-refractivity contribution in [2.24, 2.45) is 0 Å². The van der Waals surface area contributed by atoms with Gasteiger partial charge in [0, 0.05) is 15.8 Å². The minimum absolute atomic E-state index is 0.330. The number of carbonyl (C=O) groups is 3. The molecule has 3 N–H and O–H groups in total. The van der Waals surface area contributed by atoms with Crippen molar-refractivity contribution in [3.05, 3.63) is 64.0 Å². The molecule has 0 saturated carbocycles. The van der Waals surface area contributed by atoms with Gasteiger partial charge in [0.25, 0.3) is 11.8 Å². The topological polar surface area (TPSA) is 87.3 Å². The second kappa shape index (κ2) is 6.37. The van der Waals surface area contributed by atoms with Crippen LogP contribution < -0.4 is 16.0 Å². The molecule has 0 radical (unpaired) electrons. The lowest BCUT2D eigenvalue weighted by molar-refractivity contribution is -0.123. The summed E-state index contributed by atoms with van der Waals surface area (Å²) in [6.45, 7) is 1.61. The van der Waals surface area contributed by atoms with Crippen molar-refractivity contribution in [3.63, 3.8) is 0 Å². The van der Waals surface area contributed by atoms with Crippen molar-refractivity contribution in [2.75, 3.05) is 5.32 Å². The van der Waals surface area contributed by atoms with Crippen molar-refractivity contribution in [1.82, 2.24) is 10.6 Å². The molecule has 3 aromatic rings. The van der Waals surface area contributed by atoms with E-state index in [0.717, 1.165) is 10.1 Å². The van der Waals surface area contributed by atoms with E-state index in [1.54, 1.807) is 31.2 Å². The minimum atomic E-state index is -1.19. The number of thiophene rings is 1. The molecule has 136 valence electrons. The second-order valence-corrected chi connectivity index (χ2v) is 7.74. The van der Waals surface area contributed by atoms with Gasteiger partial charge in [0.1, 0.15) is 10.4 Å². The molecule has 0 bridgehead atoms. The van der Waals surface area contributed by atoms with Crippen LogP contribution in [0, 0.1) is 0 Å². The van der Waals surface area contributed by atoms with Crippen LogP contribution in [0.1, 0.15) is 22.2 Å². The molecule has 4 rings (SSSR count). The molecule has 6 nitrogen and oxygen atoms in total. The molecule has 1 aliphatic rings. The van der Waals surface area contributed by atoms with E-state index in [0.29, 0.717) is 21.2 Å². The Labute approximate surface area is 163 Å².